The van der Waals surface area contributed by atoms with Crippen molar-refractivity contribution in [3.63, 3.8) is 0 Å². The summed E-state index contributed by atoms with van der Waals surface area (Å²) in [6, 6.07) is 5.31. The van der Waals surface area contributed by atoms with Crippen molar-refractivity contribution in [2.24, 2.45) is 5.73 Å². The zero-order chi connectivity index (χ0) is 13.8. The predicted molar refractivity (Wildman–Crippen MR) is 58.0 cm³/mol. The average molecular weight is 260 g/mol. The molecule has 0 atom stereocenters. The SMILES string of the molecule is NC(=O)c1ccc(C(=O)NCCC(F)(F)F)cc1. The fourth-order valence-corrected chi connectivity index (χ4v) is 1.21. The molecule has 0 heterocycles. The average Bonchev–Trinajstić information content (AvgIpc) is 2.27. The van der Waals surface area contributed by atoms with E-state index in [2.05, 4.69) is 5.32 Å². The molecule has 18 heavy (non-hydrogen) atoms. The lowest BCUT2D eigenvalue weighted by molar-refractivity contribution is -0.132. The van der Waals surface area contributed by atoms with Crippen molar-refractivity contribution in [3.05, 3.63) is 35.4 Å². The highest BCUT2D eigenvalue weighted by Gasteiger charge is 2.26. The molecule has 0 aromatic heterocycles. The summed E-state index contributed by atoms with van der Waals surface area (Å²) in [6.07, 6.45) is -5.39. The topological polar surface area (TPSA) is 72.2 Å². The quantitative estimate of drug-likeness (QED) is 0.860. The summed E-state index contributed by atoms with van der Waals surface area (Å²) in [4.78, 5) is 22.2. The molecule has 0 bridgehead atoms. The number of alkyl halides is 3. The molecule has 4 nitrogen and oxygen atoms in total. The van der Waals surface area contributed by atoms with Gasteiger partial charge in [0.2, 0.25) is 5.91 Å². The van der Waals surface area contributed by atoms with Gasteiger partial charge in [0, 0.05) is 17.7 Å². The smallest absolute Gasteiger partial charge is 0.366 e. The molecule has 0 unspecified atom stereocenters. The Kier molecular flexibility index (Phi) is 4.30. The van der Waals surface area contributed by atoms with Crippen LogP contribution in [0.1, 0.15) is 27.1 Å². The van der Waals surface area contributed by atoms with Crippen molar-refractivity contribution in [1.82, 2.24) is 5.32 Å². The van der Waals surface area contributed by atoms with E-state index < -0.39 is 31.0 Å². The molecule has 1 rings (SSSR count). The molecular formula is C11H11F3N2O2. The van der Waals surface area contributed by atoms with E-state index in [4.69, 9.17) is 5.73 Å². The van der Waals surface area contributed by atoms with Gasteiger partial charge in [0.1, 0.15) is 0 Å². The van der Waals surface area contributed by atoms with Crippen molar-refractivity contribution in [2.75, 3.05) is 6.54 Å². The van der Waals surface area contributed by atoms with Gasteiger partial charge in [-0.1, -0.05) is 0 Å². The van der Waals surface area contributed by atoms with Gasteiger partial charge in [-0.05, 0) is 24.3 Å². The van der Waals surface area contributed by atoms with Crippen molar-refractivity contribution in [2.45, 2.75) is 12.6 Å². The zero-order valence-corrected chi connectivity index (χ0v) is 9.25. The molecule has 0 aliphatic carbocycles. The van der Waals surface area contributed by atoms with E-state index in [9.17, 15) is 22.8 Å². The number of benzene rings is 1. The standard InChI is InChI=1S/C11H11F3N2O2/c12-11(13,14)5-6-16-10(18)8-3-1-7(2-4-8)9(15)17/h1-4H,5-6H2,(H2,15,17)(H,16,18). The van der Waals surface area contributed by atoms with Crippen molar-refractivity contribution in [1.29, 1.82) is 0 Å². The van der Waals surface area contributed by atoms with Gasteiger partial charge in [-0.3, -0.25) is 9.59 Å². The van der Waals surface area contributed by atoms with E-state index in [0.29, 0.717) is 0 Å². The Bertz CT molecular complexity index is 441. The highest BCUT2D eigenvalue weighted by molar-refractivity contribution is 5.97. The van der Waals surface area contributed by atoms with Gasteiger partial charge < -0.3 is 11.1 Å². The lowest BCUT2D eigenvalue weighted by atomic mass is 10.1. The maximum absolute atomic E-state index is 11.8. The third kappa shape index (κ3) is 4.44. The molecule has 1 aromatic carbocycles. The number of nitrogens with one attached hydrogen (secondary N) is 1. The normalized spacial score (nSPS) is 11.1. The second-order valence-electron chi connectivity index (χ2n) is 3.56. The first-order valence-electron chi connectivity index (χ1n) is 5.04. The Morgan fingerprint density at radius 3 is 2.06 bits per heavy atom. The minimum atomic E-state index is -4.30. The van der Waals surface area contributed by atoms with Crippen LogP contribution in [0.2, 0.25) is 0 Å². The third-order valence-electron chi connectivity index (χ3n) is 2.13. The van der Waals surface area contributed by atoms with Crippen LogP contribution in [0.3, 0.4) is 0 Å². The second-order valence-corrected chi connectivity index (χ2v) is 3.56. The first-order valence-corrected chi connectivity index (χ1v) is 5.04. The van der Waals surface area contributed by atoms with Crippen LogP contribution in [-0.2, 0) is 0 Å². The monoisotopic (exact) mass is 260 g/mol. The molecule has 0 saturated carbocycles. The van der Waals surface area contributed by atoms with Crippen molar-refractivity contribution >= 4 is 11.8 Å². The van der Waals surface area contributed by atoms with Gasteiger partial charge in [-0.15, -0.1) is 0 Å². The maximum Gasteiger partial charge on any atom is 0.390 e. The maximum atomic E-state index is 11.8. The van der Waals surface area contributed by atoms with Crippen LogP contribution < -0.4 is 11.1 Å². The first-order chi connectivity index (χ1) is 8.29. The third-order valence-corrected chi connectivity index (χ3v) is 2.13. The fourth-order valence-electron chi connectivity index (χ4n) is 1.21. The molecule has 0 aliphatic heterocycles. The molecule has 0 radical (unpaired) electrons. The molecule has 0 spiro atoms. The van der Waals surface area contributed by atoms with Gasteiger partial charge in [0.15, 0.2) is 0 Å². The molecule has 7 heteroatoms. The molecular weight excluding hydrogens is 249 g/mol. The number of carbonyl (C=O) groups is 2. The molecule has 3 N–H and O–H groups in total. The van der Waals surface area contributed by atoms with Crippen LogP contribution in [0, 0.1) is 0 Å². The predicted octanol–water partition coefficient (Wildman–Crippen LogP) is 1.47. The summed E-state index contributed by atoms with van der Waals surface area (Å²) in [5.41, 5.74) is 5.40. The van der Waals surface area contributed by atoms with Gasteiger partial charge in [0.25, 0.3) is 5.91 Å². The number of rotatable bonds is 4. The van der Waals surface area contributed by atoms with Gasteiger partial charge in [-0.25, -0.2) is 0 Å². The van der Waals surface area contributed by atoms with Crippen molar-refractivity contribution in [3.8, 4) is 0 Å². The summed E-state index contributed by atoms with van der Waals surface area (Å²) in [5.74, 6) is -1.27. The van der Waals surface area contributed by atoms with Crippen LogP contribution in [-0.4, -0.2) is 24.5 Å². The lowest BCUT2D eigenvalue weighted by Gasteiger charge is -2.08. The van der Waals surface area contributed by atoms with Gasteiger partial charge in [0.05, 0.1) is 6.42 Å². The van der Waals surface area contributed by atoms with Gasteiger partial charge in [-0.2, -0.15) is 13.2 Å². The highest BCUT2D eigenvalue weighted by atomic mass is 19.4. The summed E-state index contributed by atoms with van der Waals surface area (Å²) < 4.78 is 35.5. The molecule has 98 valence electrons. The number of primary amides is 1. The number of carbonyl (C=O) groups excluding carboxylic acids is 2. The van der Waals surface area contributed by atoms with Crippen LogP contribution in [0.25, 0.3) is 0 Å². The number of hydrogen-bond donors (Lipinski definition) is 2. The summed E-state index contributed by atoms with van der Waals surface area (Å²) >= 11 is 0. The Morgan fingerprint density at radius 1 is 1.11 bits per heavy atom. The van der Waals surface area contributed by atoms with Crippen LogP contribution in [0.5, 0.6) is 0 Å². The largest absolute Gasteiger partial charge is 0.390 e. The summed E-state index contributed by atoms with van der Waals surface area (Å²) in [5, 5.41) is 2.13. The number of hydrogen-bond acceptors (Lipinski definition) is 2. The van der Waals surface area contributed by atoms with Gasteiger partial charge >= 0.3 is 6.18 Å². The van der Waals surface area contributed by atoms with Crippen LogP contribution >= 0.6 is 0 Å². The Hall–Kier alpha value is -2.05. The number of halogens is 3. The van der Waals surface area contributed by atoms with Crippen molar-refractivity contribution < 1.29 is 22.8 Å². The lowest BCUT2D eigenvalue weighted by Crippen LogP contribution is -2.27. The second kappa shape index (κ2) is 5.52. The van der Waals surface area contributed by atoms with E-state index >= 15 is 0 Å². The fraction of sp³-hybridized carbons (Fsp3) is 0.273. The van der Waals surface area contributed by atoms with E-state index in [1.54, 1.807) is 0 Å². The number of amides is 2. The molecule has 0 aliphatic rings. The molecule has 0 saturated heterocycles. The minimum absolute atomic E-state index is 0.169. The van der Waals surface area contributed by atoms with Crippen LogP contribution in [0.15, 0.2) is 24.3 Å². The zero-order valence-electron chi connectivity index (χ0n) is 9.25. The van der Waals surface area contributed by atoms with E-state index in [1.807, 2.05) is 0 Å². The Labute approximate surface area is 101 Å². The first kappa shape index (κ1) is 14.0. The number of nitrogens with two attached hydrogens (primary N) is 1. The molecule has 2 amide bonds. The van der Waals surface area contributed by atoms with E-state index in [1.165, 1.54) is 24.3 Å². The van der Waals surface area contributed by atoms with E-state index in [0.717, 1.165) is 0 Å². The Balaban J connectivity index is 2.54. The summed E-state index contributed by atoms with van der Waals surface area (Å²) in [6.45, 7) is -0.486. The van der Waals surface area contributed by atoms with E-state index in [-0.39, 0.29) is 11.1 Å². The molecule has 1 aromatic rings. The highest BCUT2D eigenvalue weighted by Crippen LogP contribution is 2.18. The molecule has 0 fully saturated rings. The summed E-state index contributed by atoms with van der Waals surface area (Å²) in [7, 11) is 0. The Morgan fingerprint density at radius 2 is 1.61 bits per heavy atom. The van der Waals surface area contributed by atoms with Crippen LogP contribution in [0.4, 0.5) is 13.2 Å². The minimum Gasteiger partial charge on any atom is -0.366 e.